The van der Waals surface area contributed by atoms with E-state index in [1.54, 1.807) is 0 Å². The zero-order chi connectivity index (χ0) is 15.8. The molecule has 3 heteroatoms. The second-order valence-electron chi connectivity index (χ2n) is 6.25. The Morgan fingerprint density at radius 2 is 1.91 bits per heavy atom. The number of unbranched alkanes of at least 4 members (excludes halogenated alkanes) is 1. The van der Waals surface area contributed by atoms with Gasteiger partial charge in [-0.1, -0.05) is 23.8 Å². The Hall–Kier alpha value is -1.61. The number of benzene rings is 1. The molecule has 1 aromatic rings. The first kappa shape index (κ1) is 16.8. The number of hydrogen-bond acceptors (Lipinski definition) is 3. The predicted octanol–water partition coefficient (Wildman–Crippen LogP) is 3.97. The molecule has 1 heterocycles. The van der Waals surface area contributed by atoms with Crippen molar-refractivity contribution in [1.82, 2.24) is 4.90 Å². The molecule has 1 saturated heterocycles. The highest BCUT2D eigenvalue weighted by molar-refractivity contribution is 5.95. The molecule has 0 radical (unpaired) electrons. The van der Waals surface area contributed by atoms with Gasteiger partial charge in [-0.2, -0.15) is 0 Å². The van der Waals surface area contributed by atoms with Gasteiger partial charge >= 0.3 is 0 Å². The zero-order valence-corrected chi connectivity index (χ0v) is 14.3. The van der Waals surface area contributed by atoms with Crippen LogP contribution < -0.4 is 4.90 Å². The summed E-state index contributed by atoms with van der Waals surface area (Å²) < 4.78 is 0. The van der Waals surface area contributed by atoms with Gasteiger partial charge in [-0.05, 0) is 57.9 Å². The quantitative estimate of drug-likeness (QED) is 0.560. The first-order valence-electron chi connectivity index (χ1n) is 8.32. The lowest BCUT2D eigenvalue weighted by atomic mass is 10.1. The minimum Gasteiger partial charge on any atom is -0.357 e. The number of allylic oxidation sites excluding steroid dienone is 2. The third-order valence-electron chi connectivity index (χ3n) is 4.08. The molecule has 22 heavy (non-hydrogen) atoms. The van der Waals surface area contributed by atoms with Crippen molar-refractivity contribution in [2.75, 3.05) is 38.3 Å². The van der Waals surface area contributed by atoms with Gasteiger partial charge in [-0.15, -0.1) is 0 Å². The van der Waals surface area contributed by atoms with Crippen molar-refractivity contribution in [2.24, 2.45) is 4.99 Å². The maximum atomic E-state index is 4.37. The summed E-state index contributed by atoms with van der Waals surface area (Å²) in [5.74, 6) is 0. The lowest BCUT2D eigenvalue weighted by Crippen LogP contribution is -2.26. The summed E-state index contributed by atoms with van der Waals surface area (Å²) in [6, 6.07) is 10.7. The minimum absolute atomic E-state index is 1.06. The van der Waals surface area contributed by atoms with Crippen LogP contribution in [-0.4, -0.2) is 44.0 Å². The van der Waals surface area contributed by atoms with Crippen LogP contribution in [0.1, 0.15) is 33.1 Å². The van der Waals surface area contributed by atoms with E-state index in [2.05, 4.69) is 65.0 Å². The van der Waals surface area contributed by atoms with E-state index in [0.29, 0.717) is 0 Å². The number of hydrogen-bond donors (Lipinski definition) is 0. The molecule has 0 saturated carbocycles. The predicted molar refractivity (Wildman–Crippen MR) is 96.9 cm³/mol. The van der Waals surface area contributed by atoms with Crippen molar-refractivity contribution in [3.8, 4) is 0 Å². The van der Waals surface area contributed by atoms with Crippen molar-refractivity contribution < 1.29 is 0 Å². The van der Waals surface area contributed by atoms with E-state index in [-0.39, 0.29) is 0 Å². The molecule has 0 spiro atoms. The Labute approximate surface area is 135 Å². The molecule has 0 atom stereocenters. The fourth-order valence-electron chi connectivity index (χ4n) is 2.90. The minimum atomic E-state index is 1.06. The summed E-state index contributed by atoms with van der Waals surface area (Å²) in [6.07, 6.45) is 5.77. The van der Waals surface area contributed by atoms with Crippen LogP contribution in [-0.2, 0) is 0 Å². The van der Waals surface area contributed by atoms with Crippen LogP contribution in [0.5, 0.6) is 0 Å². The third kappa shape index (κ3) is 5.30. The van der Waals surface area contributed by atoms with E-state index in [1.165, 1.54) is 42.9 Å². The summed E-state index contributed by atoms with van der Waals surface area (Å²) in [4.78, 5) is 9.38. The molecule has 1 aliphatic heterocycles. The first-order valence-corrected chi connectivity index (χ1v) is 8.32. The van der Waals surface area contributed by atoms with Crippen molar-refractivity contribution in [3.63, 3.8) is 0 Å². The summed E-state index contributed by atoms with van der Waals surface area (Å²) >= 11 is 0. The van der Waals surface area contributed by atoms with Crippen molar-refractivity contribution in [3.05, 3.63) is 42.0 Å². The van der Waals surface area contributed by atoms with Crippen molar-refractivity contribution in [2.45, 2.75) is 33.1 Å². The SMILES string of the molecule is C/N=C(\C=C(C)C)CCCCN1CCN(c2ccccc2)C1. The highest BCUT2D eigenvalue weighted by Gasteiger charge is 2.19. The van der Waals surface area contributed by atoms with Gasteiger partial charge in [0.25, 0.3) is 0 Å². The summed E-state index contributed by atoms with van der Waals surface area (Å²) in [7, 11) is 1.90. The lowest BCUT2D eigenvalue weighted by molar-refractivity contribution is 0.333. The van der Waals surface area contributed by atoms with Crippen LogP contribution in [0.4, 0.5) is 5.69 Å². The number of aliphatic imine (C=N–C) groups is 1. The molecular formula is C19H29N3. The van der Waals surface area contributed by atoms with E-state index < -0.39 is 0 Å². The second kappa shape index (κ2) is 8.74. The fourth-order valence-corrected chi connectivity index (χ4v) is 2.90. The highest BCUT2D eigenvalue weighted by Crippen LogP contribution is 2.18. The Morgan fingerprint density at radius 3 is 2.59 bits per heavy atom. The molecule has 0 aromatic heterocycles. The number of nitrogens with zero attached hydrogens (tertiary/aromatic N) is 3. The van der Waals surface area contributed by atoms with Crippen LogP contribution in [0.3, 0.4) is 0 Å². The first-order chi connectivity index (χ1) is 10.7. The van der Waals surface area contributed by atoms with Crippen molar-refractivity contribution in [1.29, 1.82) is 0 Å². The fraction of sp³-hybridized carbons (Fsp3) is 0.526. The Kier molecular flexibility index (Phi) is 6.66. The molecule has 0 N–H and O–H groups in total. The van der Waals surface area contributed by atoms with Gasteiger partial charge in [-0.25, -0.2) is 0 Å². The van der Waals surface area contributed by atoms with Crippen molar-refractivity contribution >= 4 is 11.4 Å². The number of rotatable bonds is 7. The van der Waals surface area contributed by atoms with Crippen LogP contribution in [0.25, 0.3) is 0 Å². The van der Waals surface area contributed by atoms with E-state index in [4.69, 9.17) is 0 Å². The van der Waals surface area contributed by atoms with Gasteiger partial charge in [0.1, 0.15) is 0 Å². The largest absolute Gasteiger partial charge is 0.357 e. The molecule has 0 amide bonds. The van der Waals surface area contributed by atoms with Gasteiger partial charge in [0.15, 0.2) is 0 Å². The molecule has 3 nitrogen and oxygen atoms in total. The highest BCUT2D eigenvalue weighted by atomic mass is 15.4. The van der Waals surface area contributed by atoms with Gasteiger partial charge in [-0.3, -0.25) is 9.89 Å². The number of para-hydroxylation sites is 1. The number of anilines is 1. The van der Waals surface area contributed by atoms with Gasteiger partial charge in [0.05, 0.1) is 6.67 Å². The Bertz CT molecular complexity index is 501. The lowest BCUT2D eigenvalue weighted by Gasteiger charge is -2.19. The standard InChI is InChI=1S/C19H29N3/c1-17(2)15-18(20-3)9-7-8-12-21-13-14-22(16-21)19-10-5-4-6-11-19/h4-6,10-11,15H,7-9,12-14,16H2,1-3H3/b20-18-. The topological polar surface area (TPSA) is 18.8 Å². The van der Waals surface area contributed by atoms with Gasteiger partial charge in [0, 0.05) is 31.5 Å². The van der Waals surface area contributed by atoms with E-state index in [1.807, 2.05) is 7.05 Å². The molecule has 0 aliphatic carbocycles. The average molecular weight is 299 g/mol. The normalized spacial score (nSPS) is 16.1. The average Bonchev–Trinajstić information content (AvgIpc) is 2.99. The molecule has 0 bridgehead atoms. The molecule has 1 aromatic carbocycles. The summed E-state index contributed by atoms with van der Waals surface area (Å²) in [5.41, 5.74) is 3.90. The maximum absolute atomic E-state index is 4.37. The second-order valence-corrected chi connectivity index (χ2v) is 6.25. The van der Waals surface area contributed by atoms with Gasteiger partial charge < -0.3 is 4.90 Å². The smallest absolute Gasteiger partial charge is 0.0708 e. The monoisotopic (exact) mass is 299 g/mol. The molecule has 1 aliphatic rings. The van der Waals surface area contributed by atoms with Crippen LogP contribution in [0.2, 0.25) is 0 Å². The van der Waals surface area contributed by atoms with Crippen LogP contribution in [0, 0.1) is 0 Å². The Morgan fingerprint density at radius 1 is 1.14 bits per heavy atom. The Balaban J connectivity index is 1.68. The van der Waals surface area contributed by atoms with E-state index >= 15 is 0 Å². The maximum Gasteiger partial charge on any atom is 0.0708 e. The van der Waals surface area contributed by atoms with E-state index in [9.17, 15) is 0 Å². The third-order valence-corrected chi connectivity index (χ3v) is 4.08. The van der Waals surface area contributed by atoms with Crippen LogP contribution in [0.15, 0.2) is 47.0 Å². The molecule has 2 rings (SSSR count). The summed E-state index contributed by atoms with van der Waals surface area (Å²) in [6.45, 7) is 8.84. The molecular weight excluding hydrogens is 270 g/mol. The zero-order valence-electron chi connectivity index (χ0n) is 14.3. The van der Waals surface area contributed by atoms with Gasteiger partial charge in [0.2, 0.25) is 0 Å². The van der Waals surface area contributed by atoms with Crippen LogP contribution >= 0.6 is 0 Å². The summed E-state index contributed by atoms with van der Waals surface area (Å²) in [5, 5.41) is 0. The molecule has 1 fully saturated rings. The van der Waals surface area contributed by atoms with E-state index in [0.717, 1.165) is 19.6 Å². The molecule has 0 unspecified atom stereocenters. The molecule has 120 valence electrons.